The molecule has 0 saturated carbocycles. The van der Waals surface area contributed by atoms with Crippen LogP contribution in [-0.4, -0.2) is 41.7 Å². The van der Waals surface area contributed by atoms with Crippen LogP contribution in [0.25, 0.3) is 11.3 Å². The van der Waals surface area contributed by atoms with Gasteiger partial charge < -0.3 is 5.32 Å². The molecule has 2 aliphatic heterocycles. The number of hydrogen-bond donors (Lipinski definition) is 1. The Morgan fingerprint density at radius 2 is 2.24 bits per heavy atom. The normalized spacial score (nSPS) is 20.8. The fraction of sp³-hybridized carbons (Fsp3) is 0.375. The van der Waals surface area contributed by atoms with E-state index in [4.69, 9.17) is 0 Å². The van der Waals surface area contributed by atoms with Gasteiger partial charge in [-0.05, 0) is 24.6 Å². The number of aryl methyl sites for hydroxylation is 1. The Morgan fingerprint density at radius 1 is 1.44 bits per heavy atom. The zero-order valence-corrected chi connectivity index (χ0v) is 15.1. The molecule has 0 aliphatic carbocycles. The minimum atomic E-state index is -3.07. The number of carbonyl (C=O) groups excluding carboxylic acids is 1. The van der Waals surface area contributed by atoms with Gasteiger partial charge in [0.05, 0.1) is 17.2 Å². The van der Waals surface area contributed by atoms with Crippen LogP contribution in [0.3, 0.4) is 0 Å². The fourth-order valence-corrected chi connectivity index (χ4v) is 6.07. The lowest BCUT2D eigenvalue weighted by molar-refractivity contribution is 0.0934. The third kappa shape index (κ3) is 2.95. The van der Waals surface area contributed by atoms with Gasteiger partial charge in [-0.25, -0.2) is 12.8 Å². The topological polar surface area (TPSA) is 81.1 Å². The summed E-state index contributed by atoms with van der Waals surface area (Å²) in [7, 11) is -1.34. The van der Waals surface area contributed by atoms with E-state index in [1.54, 1.807) is 17.8 Å². The summed E-state index contributed by atoms with van der Waals surface area (Å²) in [6.07, 6.45) is 0.423. The first kappa shape index (κ1) is 16.6. The number of benzene rings is 1. The maximum atomic E-state index is 13.7. The molecule has 0 bridgehead atoms. The Labute approximate surface area is 148 Å². The minimum absolute atomic E-state index is 0.0312. The Hall–Kier alpha value is -1.87. The van der Waals surface area contributed by atoms with Crippen LogP contribution in [0.2, 0.25) is 0 Å². The number of rotatable bonds is 2. The standard InChI is InChI=1S/C16H16FN3O3S2/c1-20-15-11-6-9(17)2-3-13(11)24-7-12(15)14(19-20)16(21)18-10-4-5-25(22,23)8-10/h2-3,6,10H,4-5,7-8H2,1H3,(H,18,21). The molecule has 1 N–H and O–H groups in total. The van der Waals surface area contributed by atoms with Gasteiger partial charge in [0.1, 0.15) is 5.82 Å². The van der Waals surface area contributed by atoms with Crippen LogP contribution in [0, 0.1) is 5.82 Å². The molecule has 1 aromatic carbocycles. The summed E-state index contributed by atoms with van der Waals surface area (Å²) in [6, 6.07) is 4.22. The summed E-state index contributed by atoms with van der Waals surface area (Å²) < 4.78 is 38.4. The van der Waals surface area contributed by atoms with Crippen molar-refractivity contribution in [3.8, 4) is 11.3 Å². The Kier molecular flexibility index (Phi) is 3.88. The number of aromatic nitrogens is 2. The number of carbonyl (C=O) groups is 1. The van der Waals surface area contributed by atoms with E-state index in [9.17, 15) is 17.6 Å². The van der Waals surface area contributed by atoms with Gasteiger partial charge >= 0.3 is 0 Å². The second-order valence-corrected chi connectivity index (χ2v) is 9.55. The molecule has 1 amide bonds. The molecule has 132 valence electrons. The van der Waals surface area contributed by atoms with Crippen LogP contribution < -0.4 is 5.32 Å². The van der Waals surface area contributed by atoms with Gasteiger partial charge in [-0.1, -0.05) is 0 Å². The number of hydrogen-bond acceptors (Lipinski definition) is 5. The Balaban J connectivity index is 1.67. The predicted molar refractivity (Wildman–Crippen MR) is 92.7 cm³/mol. The van der Waals surface area contributed by atoms with Gasteiger partial charge in [-0.2, -0.15) is 5.10 Å². The van der Waals surface area contributed by atoms with Crippen LogP contribution in [0.4, 0.5) is 4.39 Å². The van der Waals surface area contributed by atoms with Gasteiger partial charge in [0, 0.05) is 34.9 Å². The lowest BCUT2D eigenvalue weighted by atomic mass is 10.1. The van der Waals surface area contributed by atoms with Crippen molar-refractivity contribution in [1.29, 1.82) is 0 Å². The van der Waals surface area contributed by atoms with Crippen molar-refractivity contribution in [2.45, 2.75) is 23.1 Å². The van der Waals surface area contributed by atoms with Crippen molar-refractivity contribution in [2.24, 2.45) is 7.05 Å². The molecule has 4 rings (SSSR count). The highest BCUT2D eigenvalue weighted by molar-refractivity contribution is 7.98. The van der Waals surface area contributed by atoms with E-state index in [2.05, 4.69) is 10.4 Å². The molecule has 2 aliphatic rings. The quantitative estimate of drug-likeness (QED) is 0.857. The molecule has 6 nitrogen and oxygen atoms in total. The molecule has 1 aromatic heterocycles. The maximum absolute atomic E-state index is 13.7. The molecule has 0 spiro atoms. The van der Waals surface area contributed by atoms with E-state index in [1.165, 1.54) is 23.9 Å². The molecule has 3 heterocycles. The highest BCUT2D eigenvalue weighted by atomic mass is 32.2. The van der Waals surface area contributed by atoms with E-state index in [-0.39, 0.29) is 35.0 Å². The minimum Gasteiger partial charge on any atom is -0.347 e. The van der Waals surface area contributed by atoms with Crippen molar-refractivity contribution in [3.63, 3.8) is 0 Å². The molecule has 25 heavy (non-hydrogen) atoms. The maximum Gasteiger partial charge on any atom is 0.272 e. The average molecular weight is 381 g/mol. The van der Waals surface area contributed by atoms with Crippen LogP contribution in [0.1, 0.15) is 22.5 Å². The highest BCUT2D eigenvalue weighted by Crippen LogP contribution is 2.42. The van der Waals surface area contributed by atoms with Crippen LogP contribution >= 0.6 is 11.8 Å². The summed E-state index contributed by atoms with van der Waals surface area (Å²) in [5.74, 6) is -0.0832. The molecule has 2 aromatic rings. The molecule has 1 saturated heterocycles. The van der Waals surface area contributed by atoms with Crippen LogP contribution in [0.15, 0.2) is 23.1 Å². The van der Waals surface area contributed by atoms with E-state index in [1.807, 2.05) is 0 Å². The summed E-state index contributed by atoms with van der Waals surface area (Å²) >= 11 is 1.53. The number of sulfone groups is 1. The summed E-state index contributed by atoms with van der Waals surface area (Å²) in [6.45, 7) is 0. The van der Waals surface area contributed by atoms with Crippen molar-refractivity contribution in [2.75, 3.05) is 11.5 Å². The van der Waals surface area contributed by atoms with E-state index in [0.29, 0.717) is 12.2 Å². The first-order chi connectivity index (χ1) is 11.8. The second-order valence-electron chi connectivity index (χ2n) is 6.30. The molecular formula is C16H16FN3O3S2. The monoisotopic (exact) mass is 381 g/mol. The van der Waals surface area contributed by atoms with Crippen molar-refractivity contribution in [1.82, 2.24) is 15.1 Å². The third-order valence-electron chi connectivity index (χ3n) is 4.50. The Morgan fingerprint density at radius 3 is 2.96 bits per heavy atom. The average Bonchev–Trinajstić information content (AvgIpc) is 3.07. The Bertz CT molecular complexity index is 985. The number of halogens is 1. The molecule has 1 atom stereocenters. The largest absolute Gasteiger partial charge is 0.347 e. The lowest BCUT2D eigenvalue weighted by Crippen LogP contribution is -2.36. The number of amides is 1. The lowest BCUT2D eigenvalue weighted by Gasteiger charge is -2.17. The van der Waals surface area contributed by atoms with Crippen LogP contribution in [0.5, 0.6) is 0 Å². The molecule has 1 unspecified atom stereocenters. The summed E-state index contributed by atoms with van der Waals surface area (Å²) in [5, 5.41) is 7.09. The van der Waals surface area contributed by atoms with Gasteiger partial charge in [-0.15, -0.1) is 11.8 Å². The number of nitrogens with zero attached hydrogens (tertiary/aromatic N) is 2. The van der Waals surface area contributed by atoms with E-state index < -0.39 is 9.84 Å². The molecular weight excluding hydrogens is 365 g/mol. The SMILES string of the molecule is Cn1nc(C(=O)NC2CCS(=O)(=O)C2)c2c1-c1cc(F)ccc1SC2. The van der Waals surface area contributed by atoms with E-state index in [0.717, 1.165) is 21.7 Å². The number of fused-ring (bicyclic) bond motifs is 3. The molecule has 9 heteroatoms. The first-order valence-electron chi connectivity index (χ1n) is 7.84. The van der Waals surface area contributed by atoms with E-state index >= 15 is 0 Å². The molecule has 0 radical (unpaired) electrons. The van der Waals surface area contributed by atoms with Gasteiger partial charge in [-0.3, -0.25) is 9.48 Å². The van der Waals surface area contributed by atoms with Crippen LogP contribution in [-0.2, 0) is 22.6 Å². The second kappa shape index (κ2) is 5.84. The van der Waals surface area contributed by atoms with Gasteiger partial charge in [0.15, 0.2) is 15.5 Å². The molecule has 1 fully saturated rings. The smallest absolute Gasteiger partial charge is 0.272 e. The summed E-state index contributed by atoms with van der Waals surface area (Å²) in [5.41, 5.74) is 2.49. The third-order valence-corrected chi connectivity index (χ3v) is 7.36. The van der Waals surface area contributed by atoms with Crippen molar-refractivity contribution < 1.29 is 17.6 Å². The highest BCUT2D eigenvalue weighted by Gasteiger charge is 2.32. The zero-order chi connectivity index (χ0) is 17.8. The predicted octanol–water partition coefficient (Wildman–Crippen LogP) is 1.75. The van der Waals surface area contributed by atoms with Crippen molar-refractivity contribution in [3.05, 3.63) is 35.3 Å². The fourth-order valence-electron chi connectivity index (χ4n) is 3.35. The van der Waals surface area contributed by atoms with Gasteiger partial charge in [0.25, 0.3) is 5.91 Å². The zero-order valence-electron chi connectivity index (χ0n) is 13.5. The number of thioether (sulfide) groups is 1. The first-order valence-corrected chi connectivity index (χ1v) is 10.6. The van der Waals surface area contributed by atoms with Gasteiger partial charge in [0.2, 0.25) is 0 Å². The van der Waals surface area contributed by atoms with Crippen molar-refractivity contribution >= 4 is 27.5 Å². The number of nitrogens with one attached hydrogen (secondary N) is 1. The summed E-state index contributed by atoms with van der Waals surface area (Å²) in [4.78, 5) is 13.6.